The van der Waals surface area contributed by atoms with E-state index in [1.807, 2.05) is 57.2 Å². The van der Waals surface area contributed by atoms with Crippen molar-refractivity contribution in [3.05, 3.63) is 65.9 Å². The lowest BCUT2D eigenvalue weighted by Crippen LogP contribution is -2.33. The standard InChI is InChI=1S/C18H21N5O2/c1-12(2)23-13(3)19-17(22-23)21-18(24)20-16(15-10-7-11-25-15)14-8-5-4-6-9-14/h4-12,16H,1-3H3,(H2,20,21,22,24). The number of carbonyl (C=O) groups is 1. The molecule has 0 saturated carbocycles. The van der Waals surface area contributed by atoms with E-state index in [1.54, 1.807) is 17.0 Å². The molecule has 3 rings (SSSR count). The van der Waals surface area contributed by atoms with Crippen LogP contribution in [0.5, 0.6) is 0 Å². The first-order valence-corrected chi connectivity index (χ1v) is 8.13. The maximum atomic E-state index is 12.4. The van der Waals surface area contributed by atoms with Crippen molar-refractivity contribution >= 4 is 12.0 Å². The Kier molecular flexibility index (Phi) is 4.83. The van der Waals surface area contributed by atoms with Crippen LogP contribution >= 0.6 is 0 Å². The Balaban J connectivity index is 1.76. The lowest BCUT2D eigenvalue weighted by molar-refractivity contribution is 0.248. The predicted octanol–water partition coefficient (Wildman–Crippen LogP) is 3.67. The molecule has 1 unspecified atom stereocenters. The molecular weight excluding hydrogens is 318 g/mol. The summed E-state index contributed by atoms with van der Waals surface area (Å²) in [7, 11) is 0. The number of amides is 2. The normalized spacial score (nSPS) is 12.2. The van der Waals surface area contributed by atoms with Crippen LogP contribution in [0.2, 0.25) is 0 Å². The highest BCUT2D eigenvalue weighted by Gasteiger charge is 2.20. The molecule has 1 atom stereocenters. The van der Waals surface area contributed by atoms with Crippen molar-refractivity contribution in [2.75, 3.05) is 5.32 Å². The number of nitrogens with one attached hydrogen (secondary N) is 2. The molecule has 0 radical (unpaired) electrons. The number of nitrogens with zero attached hydrogens (tertiary/aromatic N) is 3. The van der Waals surface area contributed by atoms with Gasteiger partial charge in [0, 0.05) is 6.04 Å². The third kappa shape index (κ3) is 3.88. The molecule has 25 heavy (non-hydrogen) atoms. The average molecular weight is 339 g/mol. The number of anilines is 1. The van der Waals surface area contributed by atoms with Gasteiger partial charge in [-0.1, -0.05) is 30.3 Å². The Hall–Kier alpha value is -3.09. The molecule has 0 aliphatic rings. The fourth-order valence-electron chi connectivity index (χ4n) is 2.63. The van der Waals surface area contributed by atoms with E-state index in [-0.39, 0.29) is 12.0 Å². The van der Waals surface area contributed by atoms with Crippen molar-refractivity contribution in [2.45, 2.75) is 32.9 Å². The summed E-state index contributed by atoms with van der Waals surface area (Å²) in [5.74, 6) is 1.67. The van der Waals surface area contributed by atoms with Gasteiger partial charge in [-0.2, -0.15) is 4.98 Å². The summed E-state index contributed by atoms with van der Waals surface area (Å²) in [6, 6.07) is 12.6. The number of aromatic nitrogens is 3. The molecule has 0 fully saturated rings. The Morgan fingerprint density at radius 3 is 2.52 bits per heavy atom. The SMILES string of the molecule is Cc1nc(NC(=O)NC(c2ccccc2)c2ccco2)nn1C(C)C. The van der Waals surface area contributed by atoms with E-state index >= 15 is 0 Å². The van der Waals surface area contributed by atoms with Crippen LogP contribution in [0.4, 0.5) is 10.7 Å². The van der Waals surface area contributed by atoms with Gasteiger partial charge in [0.05, 0.1) is 6.26 Å². The van der Waals surface area contributed by atoms with Crippen LogP contribution in [0.1, 0.15) is 43.1 Å². The van der Waals surface area contributed by atoms with Crippen molar-refractivity contribution < 1.29 is 9.21 Å². The number of benzene rings is 1. The van der Waals surface area contributed by atoms with E-state index in [4.69, 9.17) is 4.42 Å². The fourth-order valence-corrected chi connectivity index (χ4v) is 2.63. The van der Waals surface area contributed by atoms with E-state index in [1.165, 1.54) is 0 Å². The first-order chi connectivity index (χ1) is 12.0. The number of aryl methyl sites for hydroxylation is 1. The second-order valence-electron chi connectivity index (χ2n) is 5.98. The molecule has 1 aromatic carbocycles. The van der Waals surface area contributed by atoms with E-state index in [0.29, 0.717) is 5.76 Å². The number of hydrogen-bond donors (Lipinski definition) is 2. The second-order valence-corrected chi connectivity index (χ2v) is 5.98. The Morgan fingerprint density at radius 2 is 1.92 bits per heavy atom. The molecule has 0 saturated heterocycles. The molecule has 2 amide bonds. The van der Waals surface area contributed by atoms with E-state index in [9.17, 15) is 4.79 Å². The monoisotopic (exact) mass is 339 g/mol. The Bertz CT molecular complexity index is 825. The van der Waals surface area contributed by atoms with Gasteiger partial charge < -0.3 is 9.73 Å². The predicted molar refractivity (Wildman–Crippen MR) is 94.3 cm³/mol. The minimum absolute atomic E-state index is 0.172. The van der Waals surface area contributed by atoms with Crippen LogP contribution in [-0.4, -0.2) is 20.8 Å². The van der Waals surface area contributed by atoms with Crippen molar-refractivity contribution in [3.8, 4) is 0 Å². The van der Waals surface area contributed by atoms with Crippen LogP contribution < -0.4 is 10.6 Å². The molecule has 0 aliphatic carbocycles. The van der Waals surface area contributed by atoms with Gasteiger partial charge in [0.1, 0.15) is 17.6 Å². The van der Waals surface area contributed by atoms with Gasteiger partial charge in [0.2, 0.25) is 5.95 Å². The van der Waals surface area contributed by atoms with Crippen molar-refractivity contribution in [3.63, 3.8) is 0 Å². The van der Waals surface area contributed by atoms with Crippen LogP contribution in [0, 0.1) is 6.92 Å². The van der Waals surface area contributed by atoms with Gasteiger partial charge >= 0.3 is 6.03 Å². The molecule has 2 heterocycles. The summed E-state index contributed by atoms with van der Waals surface area (Å²) in [6.45, 7) is 5.87. The number of urea groups is 1. The molecule has 3 aromatic rings. The minimum Gasteiger partial charge on any atom is -0.467 e. The fraction of sp³-hybridized carbons (Fsp3) is 0.278. The van der Waals surface area contributed by atoms with Gasteiger partial charge in [-0.25, -0.2) is 9.48 Å². The van der Waals surface area contributed by atoms with Gasteiger partial charge in [-0.3, -0.25) is 5.32 Å². The zero-order valence-electron chi connectivity index (χ0n) is 14.4. The van der Waals surface area contributed by atoms with Gasteiger partial charge in [0.15, 0.2) is 0 Å². The summed E-state index contributed by atoms with van der Waals surface area (Å²) >= 11 is 0. The third-order valence-corrected chi connectivity index (χ3v) is 3.75. The molecule has 7 heteroatoms. The van der Waals surface area contributed by atoms with Gasteiger partial charge in [0.25, 0.3) is 0 Å². The largest absolute Gasteiger partial charge is 0.467 e. The molecule has 0 bridgehead atoms. The zero-order chi connectivity index (χ0) is 17.8. The maximum Gasteiger partial charge on any atom is 0.322 e. The summed E-state index contributed by atoms with van der Waals surface area (Å²) in [6.07, 6.45) is 1.58. The lowest BCUT2D eigenvalue weighted by Gasteiger charge is -2.17. The number of rotatable bonds is 5. The number of carbonyl (C=O) groups excluding carboxylic acids is 1. The average Bonchev–Trinajstić information content (AvgIpc) is 3.23. The van der Waals surface area contributed by atoms with E-state index in [0.717, 1.165) is 11.4 Å². The van der Waals surface area contributed by atoms with E-state index < -0.39 is 12.1 Å². The van der Waals surface area contributed by atoms with E-state index in [2.05, 4.69) is 20.7 Å². The molecule has 0 aliphatic heterocycles. The highest BCUT2D eigenvalue weighted by atomic mass is 16.3. The van der Waals surface area contributed by atoms with Crippen LogP contribution in [0.3, 0.4) is 0 Å². The zero-order valence-corrected chi connectivity index (χ0v) is 14.4. The molecule has 2 aromatic heterocycles. The number of hydrogen-bond acceptors (Lipinski definition) is 4. The molecule has 0 spiro atoms. The maximum absolute atomic E-state index is 12.4. The number of furan rings is 1. The van der Waals surface area contributed by atoms with Crippen molar-refractivity contribution in [1.29, 1.82) is 0 Å². The molecule has 7 nitrogen and oxygen atoms in total. The third-order valence-electron chi connectivity index (χ3n) is 3.75. The molecule has 130 valence electrons. The van der Waals surface area contributed by atoms with Crippen molar-refractivity contribution in [1.82, 2.24) is 20.1 Å². The topological polar surface area (TPSA) is 85.0 Å². The summed E-state index contributed by atoms with van der Waals surface area (Å²) in [5, 5.41) is 9.90. The molecule has 2 N–H and O–H groups in total. The quantitative estimate of drug-likeness (QED) is 0.743. The van der Waals surface area contributed by atoms with Crippen molar-refractivity contribution in [2.24, 2.45) is 0 Å². The Morgan fingerprint density at radius 1 is 1.16 bits per heavy atom. The van der Waals surface area contributed by atoms with Gasteiger partial charge in [-0.15, -0.1) is 5.10 Å². The van der Waals surface area contributed by atoms with Crippen LogP contribution in [0.15, 0.2) is 53.1 Å². The van der Waals surface area contributed by atoms with Gasteiger partial charge in [-0.05, 0) is 38.5 Å². The lowest BCUT2D eigenvalue weighted by atomic mass is 10.1. The first-order valence-electron chi connectivity index (χ1n) is 8.13. The molecular formula is C18H21N5O2. The van der Waals surface area contributed by atoms with Crippen LogP contribution in [0.25, 0.3) is 0 Å². The summed E-state index contributed by atoms with van der Waals surface area (Å²) < 4.78 is 7.24. The summed E-state index contributed by atoms with van der Waals surface area (Å²) in [4.78, 5) is 16.7. The summed E-state index contributed by atoms with van der Waals surface area (Å²) in [5.41, 5.74) is 0.921. The highest BCUT2D eigenvalue weighted by molar-refractivity contribution is 5.87. The second kappa shape index (κ2) is 7.21. The Labute approximate surface area is 146 Å². The minimum atomic E-state index is -0.399. The highest BCUT2D eigenvalue weighted by Crippen LogP contribution is 2.22. The smallest absolute Gasteiger partial charge is 0.322 e. The van der Waals surface area contributed by atoms with Crippen LogP contribution in [-0.2, 0) is 0 Å². The first kappa shape index (κ1) is 16.8.